The van der Waals surface area contributed by atoms with E-state index in [1.165, 1.54) is 23.8 Å². The maximum absolute atomic E-state index is 11.6. The quantitative estimate of drug-likeness (QED) is 0.670. The van der Waals surface area contributed by atoms with Gasteiger partial charge < -0.3 is 0 Å². The SMILES string of the molecule is CC1=CC(=O)N(CC2CCCCS2)C1=O. The van der Waals surface area contributed by atoms with Gasteiger partial charge in [-0.15, -0.1) is 0 Å². The number of rotatable bonds is 2. The lowest BCUT2D eigenvalue weighted by atomic mass is 10.2. The molecule has 4 heteroatoms. The van der Waals surface area contributed by atoms with Crippen molar-refractivity contribution in [3.05, 3.63) is 11.6 Å². The summed E-state index contributed by atoms with van der Waals surface area (Å²) in [5.41, 5.74) is 0.570. The number of hydrogen-bond donors (Lipinski definition) is 0. The zero-order valence-corrected chi connectivity index (χ0v) is 9.68. The van der Waals surface area contributed by atoms with Gasteiger partial charge in [0.15, 0.2) is 0 Å². The van der Waals surface area contributed by atoms with Gasteiger partial charge in [0.1, 0.15) is 0 Å². The molecule has 0 radical (unpaired) electrons. The van der Waals surface area contributed by atoms with Crippen LogP contribution in [0, 0.1) is 0 Å². The Hall–Kier alpha value is -0.770. The van der Waals surface area contributed by atoms with E-state index in [0.717, 1.165) is 12.2 Å². The Morgan fingerprint density at radius 3 is 2.80 bits per heavy atom. The first-order chi connectivity index (χ1) is 7.18. The van der Waals surface area contributed by atoms with Crippen molar-refractivity contribution in [1.82, 2.24) is 4.90 Å². The normalized spacial score (nSPS) is 27.1. The molecule has 2 heterocycles. The standard InChI is InChI=1S/C11H15NO2S/c1-8-6-10(13)12(11(8)14)7-9-4-2-3-5-15-9/h6,9H,2-5,7H2,1H3. The second-order valence-corrected chi connectivity index (χ2v) is 5.48. The smallest absolute Gasteiger partial charge is 0.256 e. The van der Waals surface area contributed by atoms with Crippen LogP contribution in [-0.2, 0) is 9.59 Å². The number of imide groups is 1. The summed E-state index contributed by atoms with van der Waals surface area (Å²) in [4.78, 5) is 24.5. The third-order valence-electron chi connectivity index (χ3n) is 2.85. The van der Waals surface area contributed by atoms with Gasteiger partial charge >= 0.3 is 0 Å². The zero-order valence-electron chi connectivity index (χ0n) is 8.86. The molecule has 0 saturated carbocycles. The molecule has 0 aromatic carbocycles. The summed E-state index contributed by atoms with van der Waals surface area (Å²) >= 11 is 1.89. The highest BCUT2D eigenvalue weighted by Crippen LogP contribution is 2.27. The second-order valence-electron chi connectivity index (χ2n) is 4.07. The number of carbonyl (C=O) groups is 2. The van der Waals surface area contributed by atoms with Gasteiger partial charge in [-0.2, -0.15) is 11.8 Å². The third kappa shape index (κ3) is 2.25. The van der Waals surface area contributed by atoms with E-state index >= 15 is 0 Å². The summed E-state index contributed by atoms with van der Waals surface area (Å²) < 4.78 is 0. The van der Waals surface area contributed by atoms with E-state index in [1.54, 1.807) is 6.92 Å². The first-order valence-corrected chi connectivity index (χ1v) is 6.39. The highest BCUT2D eigenvalue weighted by molar-refractivity contribution is 7.99. The zero-order chi connectivity index (χ0) is 10.8. The van der Waals surface area contributed by atoms with E-state index in [9.17, 15) is 9.59 Å². The Morgan fingerprint density at radius 1 is 1.47 bits per heavy atom. The molecule has 2 aliphatic rings. The van der Waals surface area contributed by atoms with Crippen molar-refractivity contribution < 1.29 is 9.59 Å². The predicted molar refractivity (Wildman–Crippen MR) is 60.6 cm³/mol. The summed E-state index contributed by atoms with van der Waals surface area (Å²) in [6, 6.07) is 0. The summed E-state index contributed by atoms with van der Waals surface area (Å²) in [6.07, 6.45) is 5.05. The van der Waals surface area contributed by atoms with Crippen LogP contribution in [0.25, 0.3) is 0 Å². The van der Waals surface area contributed by atoms with Crippen LogP contribution in [0.1, 0.15) is 26.2 Å². The molecular weight excluding hydrogens is 210 g/mol. The van der Waals surface area contributed by atoms with Crippen LogP contribution in [-0.4, -0.2) is 34.3 Å². The first-order valence-electron chi connectivity index (χ1n) is 5.34. The maximum Gasteiger partial charge on any atom is 0.256 e. The van der Waals surface area contributed by atoms with Gasteiger partial charge in [0.05, 0.1) is 0 Å². The van der Waals surface area contributed by atoms with Crippen molar-refractivity contribution in [2.75, 3.05) is 12.3 Å². The fourth-order valence-electron chi connectivity index (χ4n) is 1.97. The number of carbonyl (C=O) groups excluding carboxylic acids is 2. The molecule has 2 rings (SSSR count). The molecular formula is C11H15NO2S. The molecule has 0 spiro atoms. The number of nitrogens with zero attached hydrogens (tertiary/aromatic N) is 1. The van der Waals surface area contributed by atoms with Crippen LogP contribution in [0.15, 0.2) is 11.6 Å². The summed E-state index contributed by atoms with van der Waals surface area (Å²) in [7, 11) is 0. The van der Waals surface area contributed by atoms with Crippen LogP contribution in [0.2, 0.25) is 0 Å². The molecule has 1 atom stereocenters. The molecule has 0 bridgehead atoms. The van der Waals surface area contributed by atoms with Crippen molar-refractivity contribution in [3.63, 3.8) is 0 Å². The molecule has 1 saturated heterocycles. The molecule has 0 aromatic rings. The Bertz CT molecular complexity index is 319. The van der Waals surface area contributed by atoms with Crippen molar-refractivity contribution in [2.45, 2.75) is 31.4 Å². The minimum absolute atomic E-state index is 0.105. The van der Waals surface area contributed by atoms with Crippen LogP contribution >= 0.6 is 11.8 Å². The molecule has 1 fully saturated rings. The lowest BCUT2D eigenvalue weighted by Crippen LogP contribution is -2.37. The van der Waals surface area contributed by atoms with Gasteiger partial charge in [-0.25, -0.2) is 0 Å². The topological polar surface area (TPSA) is 37.4 Å². The minimum Gasteiger partial charge on any atom is -0.274 e. The van der Waals surface area contributed by atoms with Crippen LogP contribution < -0.4 is 0 Å². The molecule has 3 nitrogen and oxygen atoms in total. The van der Waals surface area contributed by atoms with Crippen LogP contribution in [0.5, 0.6) is 0 Å². The van der Waals surface area contributed by atoms with Crippen molar-refractivity contribution in [3.8, 4) is 0 Å². The molecule has 1 unspecified atom stereocenters. The molecule has 0 N–H and O–H groups in total. The van der Waals surface area contributed by atoms with Crippen molar-refractivity contribution in [2.24, 2.45) is 0 Å². The molecule has 0 aromatic heterocycles. The molecule has 82 valence electrons. The lowest BCUT2D eigenvalue weighted by Gasteiger charge is -2.25. The largest absolute Gasteiger partial charge is 0.274 e. The number of hydrogen-bond acceptors (Lipinski definition) is 3. The minimum atomic E-state index is -0.135. The van der Waals surface area contributed by atoms with E-state index in [4.69, 9.17) is 0 Å². The van der Waals surface area contributed by atoms with Gasteiger partial charge in [0.2, 0.25) is 0 Å². The lowest BCUT2D eigenvalue weighted by molar-refractivity contribution is -0.137. The van der Waals surface area contributed by atoms with Crippen LogP contribution in [0.4, 0.5) is 0 Å². The predicted octanol–water partition coefficient (Wildman–Crippen LogP) is 1.59. The van der Waals surface area contributed by atoms with E-state index in [0.29, 0.717) is 17.4 Å². The van der Waals surface area contributed by atoms with Gasteiger partial charge in [0.25, 0.3) is 11.8 Å². The van der Waals surface area contributed by atoms with E-state index in [2.05, 4.69) is 0 Å². The Labute approximate surface area is 93.9 Å². The summed E-state index contributed by atoms with van der Waals surface area (Å²) in [6.45, 7) is 2.30. The van der Waals surface area contributed by atoms with Crippen molar-refractivity contribution >= 4 is 23.6 Å². The van der Waals surface area contributed by atoms with E-state index < -0.39 is 0 Å². The van der Waals surface area contributed by atoms with Crippen LogP contribution in [0.3, 0.4) is 0 Å². The Balaban J connectivity index is 1.95. The van der Waals surface area contributed by atoms with E-state index in [1.807, 2.05) is 11.8 Å². The van der Waals surface area contributed by atoms with Gasteiger partial charge in [-0.05, 0) is 25.5 Å². The highest BCUT2D eigenvalue weighted by Gasteiger charge is 2.30. The first kappa shape index (κ1) is 10.7. The molecule has 2 amide bonds. The Kier molecular flexibility index (Phi) is 3.14. The van der Waals surface area contributed by atoms with Crippen molar-refractivity contribution in [1.29, 1.82) is 0 Å². The average molecular weight is 225 g/mol. The fraction of sp³-hybridized carbons (Fsp3) is 0.636. The Morgan fingerprint density at radius 2 is 2.27 bits per heavy atom. The average Bonchev–Trinajstić information content (AvgIpc) is 2.47. The monoisotopic (exact) mass is 225 g/mol. The maximum atomic E-state index is 11.6. The molecule has 0 aliphatic carbocycles. The second kappa shape index (κ2) is 4.39. The summed E-state index contributed by atoms with van der Waals surface area (Å²) in [5, 5.41) is 0.450. The van der Waals surface area contributed by atoms with E-state index in [-0.39, 0.29) is 11.8 Å². The molecule has 2 aliphatic heterocycles. The molecule has 15 heavy (non-hydrogen) atoms. The van der Waals surface area contributed by atoms with Gasteiger partial charge in [0, 0.05) is 23.4 Å². The number of thioether (sulfide) groups is 1. The van der Waals surface area contributed by atoms with Gasteiger partial charge in [-0.3, -0.25) is 14.5 Å². The fourth-order valence-corrected chi connectivity index (χ4v) is 3.26. The van der Waals surface area contributed by atoms with Gasteiger partial charge in [-0.1, -0.05) is 6.42 Å². The summed E-state index contributed by atoms with van der Waals surface area (Å²) in [5.74, 6) is 0.919. The highest BCUT2D eigenvalue weighted by atomic mass is 32.2. The third-order valence-corrected chi connectivity index (χ3v) is 4.23. The number of amides is 2.